The topological polar surface area (TPSA) is 58.6 Å². The molecule has 0 amide bonds. The summed E-state index contributed by atoms with van der Waals surface area (Å²) in [6.45, 7) is 5.55. The van der Waals surface area contributed by atoms with Gasteiger partial charge in [-0.05, 0) is 29.8 Å². The Morgan fingerprint density at radius 3 is 2.57 bits per heavy atom. The van der Waals surface area contributed by atoms with E-state index in [1.165, 1.54) is 0 Å². The maximum absolute atomic E-state index is 12.5. The first-order valence-corrected chi connectivity index (χ1v) is 9.35. The first-order valence-electron chi connectivity index (χ1n) is 7.86. The van der Waals surface area contributed by atoms with Crippen LogP contribution in [0, 0.1) is 0 Å². The molecule has 6 heteroatoms. The van der Waals surface area contributed by atoms with E-state index in [-0.39, 0.29) is 6.04 Å². The molecule has 2 aromatic carbocycles. The van der Waals surface area contributed by atoms with Crippen molar-refractivity contribution in [1.82, 2.24) is 9.62 Å². The van der Waals surface area contributed by atoms with Crippen LogP contribution in [0.5, 0.6) is 0 Å². The second-order valence-corrected chi connectivity index (χ2v) is 7.63. The molecule has 2 aromatic rings. The molecular formula is C17H22N2O3S. The Labute approximate surface area is 137 Å². The van der Waals surface area contributed by atoms with E-state index in [2.05, 4.69) is 9.62 Å². The summed E-state index contributed by atoms with van der Waals surface area (Å²) in [5, 5.41) is 1.96. The van der Waals surface area contributed by atoms with Gasteiger partial charge in [0.15, 0.2) is 0 Å². The summed E-state index contributed by atoms with van der Waals surface area (Å²) < 4.78 is 33.1. The van der Waals surface area contributed by atoms with Crippen LogP contribution >= 0.6 is 0 Å². The summed E-state index contributed by atoms with van der Waals surface area (Å²) in [4.78, 5) is 2.55. The molecule has 3 rings (SSSR count). The second-order valence-electron chi connectivity index (χ2n) is 5.86. The van der Waals surface area contributed by atoms with Crippen LogP contribution in [-0.4, -0.2) is 52.2 Å². The molecular weight excluding hydrogens is 312 g/mol. The van der Waals surface area contributed by atoms with Crippen molar-refractivity contribution in [2.45, 2.75) is 17.9 Å². The Morgan fingerprint density at radius 2 is 1.83 bits per heavy atom. The Bertz CT molecular complexity index is 770. The highest BCUT2D eigenvalue weighted by atomic mass is 32.2. The van der Waals surface area contributed by atoms with Gasteiger partial charge in [-0.1, -0.05) is 30.3 Å². The quantitative estimate of drug-likeness (QED) is 0.906. The fourth-order valence-corrected chi connectivity index (χ4v) is 3.95. The van der Waals surface area contributed by atoms with Crippen LogP contribution in [0.25, 0.3) is 10.8 Å². The lowest BCUT2D eigenvalue weighted by Crippen LogP contribution is -2.47. The van der Waals surface area contributed by atoms with E-state index in [1.807, 2.05) is 37.3 Å². The van der Waals surface area contributed by atoms with Gasteiger partial charge in [0.05, 0.1) is 18.1 Å². The van der Waals surface area contributed by atoms with Gasteiger partial charge in [0, 0.05) is 25.7 Å². The molecule has 1 heterocycles. The zero-order chi connectivity index (χ0) is 16.3. The van der Waals surface area contributed by atoms with Gasteiger partial charge in [-0.2, -0.15) is 0 Å². The second kappa shape index (κ2) is 6.97. The standard InChI is InChI=1S/C17H22N2O3S/c1-14(19-8-10-22-11-9-19)13-18-23(20,21)17-7-6-15-4-2-3-5-16(15)12-17/h2-7,12,14,18H,8-11,13H2,1H3. The minimum absolute atomic E-state index is 0.147. The van der Waals surface area contributed by atoms with E-state index >= 15 is 0 Å². The van der Waals surface area contributed by atoms with Crippen LogP contribution in [0.4, 0.5) is 0 Å². The number of benzene rings is 2. The normalized spacial score (nSPS) is 18.1. The van der Waals surface area contributed by atoms with E-state index in [9.17, 15) is 8.42 Å². The van der Waals surface area contributed by atoms with Crippen LogP contribution < -0.4 is 4.72 Å². The molecule has 0 bridgehead atoms. The molecule has 0 radical (unpaired) electrons. The Balaban J connectivity index is 1.70. The van der Waals surface area contributed by atoms with Crippen molar-refractivity contribution in [2.75, 3.05) is 32.8 Å². The summed E-state index contributed by atoms with van der Waals surface area (Å²) in [7, 11) is -3.49. The van der Waals surface area contributed by atoms with Gasteiger partial charge in [-0.15, -0.1) is 0 Å². The van der Waals surface area contributed by atoms with E-state index in [1.54, 1.807) is 12.1 Å². The molecule has 1 N–H and O–H groups in total. The molecule has 0 aliphatic carbocycles. The predicted octanol–water partition coefficient (Wildman–Crippen LogP) is 1.84. The van der Waals surface area contributed by atoms with Crippen LogP contribution in [0.1, 0.15) is 6.92 Å². The zero-order valence-corrected chi connectivity index (χ0v) is 14.1. The van der Waals surface area contributed by atoms with Gasteiger partial charge < -0.3 is 4.74 Å². The van der Waals surface area contributed by atoms with Gasteiger partial charge in [-0.3, -0.25) is 4.90 Å². The number of morpholine rings is 1. The largest absolute Gasteiger partial charge is 0.379 e. The molecule has 1 unspecified atom stereocenters. The third-order valence-corrected chi connectivity index (χ3v) is 5.69. The molecule has 1 fully saturated rings. The molecule has 5 nitrogen and oxygen atoms in total. The van der Waals surface area contributed by atoms with E-state index in [0.717, 1.165) is 23.9 Å². The van der Waals surface area contributed by atoms with Crippen molar-refractivity contribution in [3.8, 4) is 0 Å². The number of ether oxygens (including phenoxy) is 1. The van der Waals surface area contributed by atoms with Crippen molar-refractivity contribution in [3.63, 3.8) is 0 Å². The predicted molar refractivity (Wildman–Crippen MR) is 91.0 cm³/mol. The lowest BCUT2D eigenvalue weighted by Gasteiger charge is -2.32. The lowest BCUT2D eigenvalue weighted by atomic mass is 10.1. The molecule has 0 saturated carbocycles. The lowest BCUT2D eigenvalue weighted by molar-refractivity contribution is 0.0213. The maximum atomic E-state index is 12.5. The Morgan fingerprint density at radius 1 is 1.13 bits per heavy atom. The van der Waals surface area contributed by atoms with Gasteiger partial charge in [-0.25, -0.2) is 13.1 Å². The molecule has 1 aliphatic rings. The maximum Gasteiger partial charge on any atom is 0.240 e. The number of sulfonamides is 1. The summed E-state index contributed by atoms with van der Waals surface area (Å²) in [6, 6.07) is 13.1. The van der Waals surface area contributed by atoms with E-state index < -0.39 is 10.0 Å². The molecule has 23 heavy (non-hydrogen) atoms. The highest BCUT2D eigenvalue weighted by Crippen LogP contribution is 2.18. The van der Waals surface area contributed by atoms with E-state index in [0.29, 0.717) is 24.7 Å². The zero-order valence-electron chi connectivity index (χ0n) is 13.2. The summed E-state index contributed by atoms with van der Waals surface area (Å²) in [5.41, 5.74) is 0. The van der Waals surface area contributed by atoms with Crippen molar-refractivity contribution in [2.24, 2.45) is 0 Å². The average Bonchev–Trinajstić information content (AvgIpc) is 2.60. The molecule has 1 saturated heterocycles. The van der Waals surface area contributed by atoms with Gasteiger partial charge in [0.2, 0.25) is 10.0 Å². The minimum atomic E-state index is -3.49. The van der Waals surface area contributed by atoms with Crippen LogP contribution in [0.3, 0.4) is 0 Å². The molecule has 1 atom stereocenters. The van der Waals surface area contributed by atoms with E-state index in [4.69, 9.17) is 4.74 Å². The number of fused-ring (bicyclic) bond motifs is 1. The number of hydrogen-bond acceptors (Lipinski definition) is 4. The molecule has 0 spiro atoms. The third kappa shape index (κ3) is 3.90. The van der Waals surface area contributed by atoms with Gasteiger partial charge >= 0.3 is 0 Å². The summed E-state index contributed by atoms with van der Waals surface area (Å²) >= 11 is 0. The van der Waals surface area contributed by atoms with Crippen LogP contribution in [-0.2, 0) is 14.8 Å². The smallest absolute Gasteiger partial charge is 0.240 e. The fourth-order valence-electron chi connectivity index (χ4n) is 2.80. The Kier molecular flexibility index (Phi) is 4.96. The van der Waals surface area contributed by atoms with Crippen LogP contribution in [0.15, 0.2) is 47.4 Å². The number of hydrogen-bond donors (Lipinski definition) is 1. The van der Waals surface area contributed by atoms with Crippen molar-refractivity contribution in [3.05, 3.63) is 42.5 Å². The monoisotopic (exact) mass is 334 g/mol. The average molecular weight is 334 g/mol. The minimum Gasteiger partial charge on any atom is -0.379 e. The SMILES string of the molecule is CC(CNS(=O)(=O)c1ccc2ccccc2c1)N1CCOCC1. The fraction of sp³-hybridized carbons (Fsp3) is 0.412. The van der Waals surface area contributed by atoms with Crippen molar-refractivity contribution in [1.29, 1.82) is 0 Å². The number of nitrogens with one attached hydrogen (secondary N) is 1. The summed E-state index contributed by atoms with van der Waals surface area (Å²) in [5.74, 6) is 0. The van der Waals surface area contributed by atoms with Gasteiger partial charge in [0.25, 0.3) is 0 Å². The summed E-state index contributed by atoms with van der Waals surface area (Å²) in [6.07, 6.45) is 0. The molecule has 1 aliphatic heterocycles. The highest BCUT2D eigenvalue weighted by Gasteiger charge is 2.20. The van der Waals surface area contributed by atoms with Crippen molar-refractivity contribution >= 4 is 20.8 Å². The first-order chi connectivity index (χ1) is 11.1. The Hall–Kier alpha value is -1.47. The highest BCUT2D eigenvalue weighted by molar-refractivity contribution is 7.89. The molecule has 124 valence electrons. The first kappa shape index (κ1) is 16.4. The molecule has 0 aromatic heterocycles. The van der Waals surface area contributed by atoms with Crippen molar-refractivity contribution < 1.29 is 13.2 Å². The van der Waals surface area contributed by atoms with Gasteiger partial charge in [0.1, 0.15) is 0 Å². The third-order valence-electron chi connectivity index (χ3n) is 4.27. The number of nitrogens with zero attached hydrogens (tertiary/aromatic N) is 1. The number of rotatable bonds is 5. The van der Waals surface area contributed by atoms with Crippen LogP contribution in [0.2, 0.25) is 0 Å².